The topological polar surface area (TPSA) is 84.0 Å². The molecular formula is C34H36N4O4. The average molecular weight is 565 g/mol. The highest BCUT2D eigenvalue weighted by Crippen LogP contribution is 2.27. The molecule has 2 heterocycles. The van der Waals surface area contributed by atoms with Crippen molar-refractivity contribution in [1.82, 2.24) is 9.88 Å². The van der Waals surface area contributed by atoms with Gasteiger partial charge in [0.1, 0.15) is 11.5 Å². The number of benzene rings is 3. The number of pyridine rings is 1. The maximum Gasteiger partial charge on any atom is 0.255 e. The van der Waals surface area contributed by atoms with Crippen LogP contribution in [0.5, 0.6) is 11.5 Å². The third kappa shape index (κ3) is 7.07. The Balaban J connectivity index is 1.12. The van der Waals surface area contributed by atoms with Crippen LogP contribution in [-0.4, -0.2) is 61.6 Å². The number of piperazine rings is 1. The van der Waals surface area contributed by atoms with Gasteiger partial charge in [-0.1, -0.05) is 24.3 Å². The number of nitrogens with one attached hydrogen (secondary N) is 1. The van der Waals surface area contributed by atoms with E-state index in [1.807, 2.05) is 84.8 Å². The van der Waals surface area contributed by atoms with E-state index in [1.54, 1.807) is 13.3 Å². The lowest BCUT2D eigenvalue weighted by atomic mass is 9.97. The number of hydrogen-bond donors (Lipinski definition) is 1. The minimum absolute atomic E-state index is 0.163. The lowest BCUT2D eigenvalue weighted by Crippen LogP contribution is -2.48. The van der Waals surface area contributed by atoms with Gasteiger partial charge >= 0.3 is 0 Å². The molecule has 1 aromatic heterocycles. The van der Waals surface area contributed by atoms with Gasteiger partial charge in [-0.3, -0.25) is 14.6 Å². The number of carbonyl (C=O) groups is 2. The Bertz CT molecular complexity index is 1500. The second-order valence-corrected chi connectivity index (χ2v) is 10.1. The van der Waals surface area contributed by atoms with Gasteiger partial charge < -0.3 is 24.6 Å². The maximum atomic E-state index is 13.1. The highest BCUT2D eigenvalue weighted by Gasteiger charge is 2.22. The molecule has 0 bridgehead atoms. The number of methoxy groups -OCH3 is 1. The number of carbonyl (C=O) groups excluding carboxylic acids is 2. The molecule has 42 heavy (non-hydrogen) atoms. The van der Waals surface area contributed by atoms with Crippen LogP contribution in [0.25, 0.3) is 11.1 Å². The van der Waals surface area contributed by atoms with E-state index in [1.165, 1.54) is 0 Å². The summed E-state index contributed by atoms with van der Waals surface area (Å²) in [7, 11) is 1.61. The number of aromatic nitrogens is 1. The largest absolute Gasteiger partial charge is 0.497 e. The van der Waals surface area contributed by atoms with Crippen molar-refractivity contribution < 1.29 is 19.1 Å². The number of ether oxygens (including phenoxy) is 2. The summed E-state index contributed by atoms with van der Waals surface area (Å²) in [6.07, 6.45) is 4.66. The van der Waals surface area contributed by atoms with Gasteiger partial charge in [-0.05, 0) is 79.1 Å². The monoisotopic (exact) mass is 564 g/mol. The second-order valence-electron chi connectivity index (χ2n) is 10.1. The quantitative estimate of drug-likeness (QED) is 0.267. The highest BCUT2D eigenvalue weighted by molar-refractivity contribution is 6.04. The maximum absolute atomic E-state index is 13.1. The smallest absolute Gasteiger partial charge is 0.255 e. The number of rotatable bonds is 10. The van der Waals surface area contributed by atoms with Crippen molar-refractivity contribution in [2.45, 2.75) is 19.8 Å². The Morgan fingerprint density at radius 2 is 1.62 bits per heavy atom. The van der Waals surface area contributed by atoms with Crippen LogP contribution in [0.2, 0.25) is 0 Å². The molecule has 0 saturated carbocycles. The van der Waals surface area contributed by atoms with Gasteiger partial charge in [0.2, 0.25) is 5.91 Å². The fourth-order valence-corrected chi connectivity index (χ4v) is 5.15. The van der Waals surface area contributed by atoms with E-state index in [9.17, 15) is 9.59 Å². The summed E-state index contributed by atoms with van der Waals surface area (Å²) >= 11 is 0. The number of anilines is 2. The molecule has 0 aliphatic carbocycles. The van der Waals surface area contributed by atoms with E-state index in [0.29, 0.717) is 43.8 Å². The molecule has 5 rings (SSSR count). The van der Waals surface area contributed by atoms with E-state index in [2.05, 4.69) is 27.3 Å². The molecule has 1 N–H and O–H groups in total. The Labute approximate surface area is 246 Å². The van der Waals surface area contributed by atoms with Crippen molar-refractivity contribution in [1.29, 1.82) is 0 Å². The first-order valence-electron chi connectivity index (χ1n) is 14.3. The van der Waals surface area contributed by atoms with Crippen LogP contribution < -0.4 is 19.7 Å². The normalized spacial score (nSPS) is 13.0. The third-order valence-electron chi connectivity index (χ3n) is 7.44. The molecule has 0 atom stereocenters. The minimum atomic E-state index is -0.165. The lowest BCUT2D eigenvalue weighted by Gasteiger charge is -2.36. The summed E-state index contributed by atoms with van der Waals surface area (Å²) in [4.78, 5) is 34.3. The summed E-state index contributed by atoms with van der Waals surface area (Å²) in [6, 6.07) is 25.0. The molecule has 216 valence electrons. The standard InChI is InChI=1S/C34H36N4O4/c1-3-42-31-22-27(23-35-24-31)32-7-5-4-6-25(32)10-17-33(39)38-20-18-37(19-21-38)29-13-8-26(9-14-29)34(40)36-28-11-15-30(41-2)16-12-28/h4-9,11-16,22-24H,3,10,17-21H2,1-2H3,(H,36,40). The molecule has 0 spiro atoms. The van der Waals surface area contributed by atoms with Crippen molar-refractivity contribution in [3.05, 3.63) is 102 Å². The molecule has 3 aromatic carbocycles. The average Bonchev–Trinajstić information content (AvgIpc) is 3.04. The third-order valence-corrected chi connectivity index (χ3v) is 7.44. The van der Waals surface area contributed by atoms with E-state index >= 15 is 0 Å². The Kier molecular flexibility index (Phi) is 9.33. The van der Waals surface area contributed by atoms with E-state index in [4.69, 9.17) is 9.47 Å². The van der Waals surface area contributed by atoms with Gasteiger partial charge in [0.25, 0.3) is 5.91 Å². The molecule has 0 radical (unpaired) electrons. The molecule has 4 aromatic rings. The van der Waals surface area contributed by atoms with Gasteiger partial charge in [0.15, 0.2) is 0 Å². The van der Waals surface area contributed by atoms with Crippen LogP contribution in [0.1, 0.15) is 29.3 Å². The summed E-state index contributed by atoms with van der Waals surface area (Å²) in [5, 5.41) is 2.91. The van der Waals surface area contributed by atoms with Crippen LogP contribution in [0.4, 0.5) is 11.4 Å². The molecule has 1 aliphatic rings. The molecule has 1 fully saturated rings. The van der Waals surface area contributed by atoms with Gasteiger partial charge in [0.05, 0.1) is 19.9 Å². The zero-order chi connectivity index (χ0) is 29.3. The van der Waals surface area contributed by atoms with Crippen molar-refractivity contribution in [2.24, 2.45) is 0 Å². The molecule has 2 amide bonds. The Hall–Kier alpha value is -4.85. The fourth-order valence-electron chi connectivity index (χ4n) is 5.15. The zero-order valence-corrected chi connectivity index (χ0v) is 24.1. The zero-order valence-electron chi connectivity index (χ0n) is 24.1. The van der Waals surface area contributed by atoms with Crippen LogP contribution >= 0.6 is 0 Å². The van der Waals surface area contributed by atoms with Crippen molar-refractivity contribution >= 4 is 23.2 Å². The van der Waals surface area contributed by atoms with E-state index < -0.39 is 0 Å². The molecule has 1 saturated heterocycles. The number of amides is 2. The van der Waals surface area contributed by atoms with E-state index in [-0.39, 0.29) is 11.8 Å². The fraction of sp³-hybridized carbons (Fsp3) is 0.265. The van der Waals surface area contributed by atoms with Crippen molar-refractivity contribution in [3.8, 4) is 22.6 Å². The van der Waals surface area contributed by atoms with E-state index in [0.717, 1.165) is 47.0 Å². The first-order chi connectivity index (χ1) is 20.5. The van der Waals surface area contributed by atoms with Crippen molar-refractivity contribution in [3.63, 3.8) is 0 Å². The Morgan fingerprint density at radius 1 is 0.881 bits per heavy atom. The van der Waals surface area contributed by atoms with Crippen LogP contribution in [0.3, 0.4) is 0 Å². The summed E-state index contributed by atoms with van der Waals surface area (Å²) in [5.41, 5.74) is 5.52. The molecule has 8 nitrogen and oxygen atoms in total. The molecule has 0 unspecified atom stereocenters. The van der Waals surface area contributed by atoms with Crippen molar-refractivity contribution in [2.75, 3.05) is 50.1 Å². The Morgan fingerprint density at radius 3 is 2.33 bits per heavy atom. The molecular weight excluding hydrogens is 528 g/mol. The lowest BCUT2D eigenvalue weighted by molar-refractivity contribution is -0.131. The first-order valence-corrected chi connectivity index (χ1v) is 14.3. The predicted molar refractivity (Wildman–Crippen MR) is 165 cm³/mol. The second kappa shape index (κ2) is 13.7. The number of aryl methyl sites for hydroxylation is 1. The number of hydrogen-bond acceptors (Lipinski definition) is 6. The molecule has 8 heteroatoms. The number of nitrogens with zero attached hydrogens (tertiary/aromatic N) is 3. The first kappa shape index (κ1) is 28.7. The van der Waals surface area contributed by atoms with Crippen LogP contribution in [-0.2, 0) is 11.2 Å². The molecule has 1 aliphatic heterocycles. The summed E-state index contributed by atoms with van der Waals surface area (Å²) in [5.74, 6) is 1.48. The predicted octanol–water partition coefficient (Wildman–Crippen LogP) is 5.69. The van der Waals surface area contributed by atoms with Crippen LogP contribution in [0, 0.1) is 0 Å². The van der Waals surface area contributed by atoms with Gasteiger partial charge in [-0.25, -0.2) is 0 Å². The van der Waals surface area contributed by atoms with Gasteiger partial charge in [-0.2, -0.15) is 0 Å². The van der Waals surface area contributed by atoms with Crippen LogP contribution in [0.15, 0.2) is 91.3 Å². The van der Waals surface area contributed by atoms with Gasteiger partial charge in [-0.15, -0.1) is 0 Å². The summed E-state index contributed by atoms with van der Waals surface area (Å²) in [6.45, 7) is 5.36. The minimum Gasteiger partial charge on any atom is -0.497 e. The van der Waals surface area contributed by atoms with Gasteiger partial charge in [0, 0.05) is 61.3 Å². The summed E-state index contributed by atoms with van der Waals surface area (Å²) < 4.78 is 10.8. The highest BCUT2D eigenvalue weighted by atomic mass is 16.5. The SMILES string of the molecule is CCOc1cncc(-c2ccccc2CCC(=O)N2CCN(c3ccc(C(=O)Nc4ccc(OC)cc4)cc3)CC2)c1.